The molecule has 0 aliphatic heterocycles. The van der Waals surface area contributed by atoms with Crippen LogP contribution in [-0.4, -0.2) is 46.2 Å². The van der Waals surface area contributed by atoms with Gasteiger partial charge < -0.3 is 0 Å². The molecule has 2 unspecified atom stereocenters. The summed E-state index contributed by atoms with van der Waals surface area (Å²) in [6.07, 6.45) is -29.3. The highest BCUT2D eigenvalue weighted by molar-refractivity contribution is 14.1. The van der Waals surface area contributed by atoms with Gasteiger partial charge in [-0.25, -0.2) is 0 Å². The van der Waals surface area contributed by atoms with Gasteiger partial charge in [0, 0.05) is 22.6 Å². The molecule has 0 aromatic rings. The van der Waals surface area contributed by atoms with E-state index in [2.05, 4.69) is 0 Å². The lowest BCUT2D eigenvalue weighted by atomic mass is 10.2. The van der Waals surface area contributed by atoms with Crippen LogP contribution in [0.2, 0.25) is 0 Å². The Labute approximate surface area is 149 Å². The molecular formula is C8F15IO3. The summed E-state index contributed by atoms with van der Waals surface area (Å²) in [7, 11) is 0. The number of carbonyl (C=O) groups is 1. The van der Waals surface area contributed by atoms with E-state index in [0.29, 0.717) is 0 Å². The lowest BCUT2D eigenvalue weighted by Crippen LogP contribution is -2.66. The Hall–Kier alpha value is -0.730. The number of hydrogen-bond donors (Lipinski definition) is 0. The minimum absolute atomic E-state index is 0.729. The highest BCUT2D eigenvalue weighted by atomic mass is 127. The van der Waals surface area contributed by atoms with E-state index in [0.717, 1.165) is 0 Å². The number of ether oxygens (including phenoxy) is 2. The van der Waals surface area contributed by atoms with E-state index in [1.54, 1.807) is 9.47 Å². The smallest absolute Gasteiger partial charge is 0.262 e. The van der Waals surface area contributed by atoms with Crippen molar-refractivity contribution >= 4 is 28.6 Å². The molecule has 27 heavy (non-hydrogen) atoms. The fourth-order valence-electron chi connectivity index (χ4n) is 0.968. The Bertz CT molecular complexity index is 565. The number of halogens is 16. The van der Waals surface area contributed by atoms with Crippen molar-refractivity contribution in [3.05, 3.63) is 0 Å². The molecule has 0 aliphatic rings. The second kappa shape index (κ2) is 6.95. The molecule has 0 bridgehead atoms. The van der Waals surface area contributed by atoms with Crippen molar-refractivity contribution in [3.63, 3.8) is 0 Å². The maximum atomic E-state index is 13.5. The maximum Gasteiger partial charge on any atom is 0.459 e. The standard InChI is InChI=1S/C8F15IO3/c9-1(25)2(10,4(12,13)14)26-7(20,21)3(11,5(15,16)17)27-8(22,23)6(18,19)24. The quantitative estimate of drug-likeness (QED) is 0.188. The van der Waals surface area contributed by atoms with Crippen molar-refractivity contribution in [3.8, 4) is 0 Å². The van der Waals surface area contributed by atoms with Crippen LogP contribution in [0, 0.1) is 0 Å². The van der Waals surface area contributed by atoms with Crippen LogP contribution in [0.4, 0.5) is 65.9 Å². The molecule has 19 heteroatoms. The van der Waals surface area contributed by atoms with Gasteiger partial charge in [0.15, 0.2) is 0 Å². The second-order valence-electron chi connectivity index (χ2n) is 4.20. The maximum absolute atomic E-state index is 13.5. The molecule has 0 saturated carbocycles. The number of hydrogen-bond acceptors (Lipinski definition) is 3. The monoisotopic (exact) mass is 556 g/mol. The lowest BCUT2D eigenvalue weighted by molar-refractivity contribution is -0.532. The van der Waals surface area contributed by atoms with E-state index < -0.39 is 68.8 Å². The Morgan fingerprint density at radius 3 is 1.22 bits per heavy atom. The van der Waals surface area contributed by atoms with Crippen LogP contribution in [0.3, 0.4) is 0 Å². The fraction of sp³-hybridized carbons (Fsp3) is 0.875. The van der Waals surface area contributed by atoms with Crippen LogP contribution < -0.4 is 0 Å². The van der Waals surface area contributed by atoms with Crippen molar-refractivity contribution in [2.24, 2.45) is 0 Å². The summed E-state index contributed by atoms with van der Waals surface area (Å²) < 4.78 is 186. The summed E-state index contributed by atoms with van der Waals surface area (Å²) in [6.45, 7) is 0. The first-order chi connectivity index (χ1) is 11.4. The summed E-state index contributed by atoms with van der Waals surface area (Å²) in [5.74, 6) is -14.6. The van der Waals surface area contributed by atoms with Crippen LogP contribution in [-0.2, 0) is 14.3 Å². The van der Waals surface area contributed by atoms with Gasteiger partial charge in [-0.05, 0) is 0 Å². The fourth-order valence-corrected chi connectivity index (χ4v) is 1.08. The molecule has 162 valence electrons. The molecule has 0 heterocycles. The van der Waals surface area contributed by atoms with E-state index in [1.807, 2.05) is 0 Å². The molecule has 0 rings (SSSR count). The average molecular weight is 556 g/mol. The predicted molar refractivity (Wildman–Crippen MR) is 56.9 cm³/mol. The Morgan fingerprint density at radius 2 is 1.00 bits per heavy atom. The third-order valence-electron chi connectivity index (χ3n) is 2.22. The first kappa shape index (κ1) is 26.3. The molecule has 0 radical (unpaired) electrons. The highest BCUT2D eigenvalue weighted by Gasteiger charge is 2.83. The van der Waals surface area contributed by atoms with Crippen molar-refractivity contribution in [2.45, 2.75) is 40.2 Å². The van der Waals surface area contributed by atoms with Gasteiger partial charge in [0.25, 0.3) is 0 Å². The zero-order valence-corrected chi connectivity index (χ0v) is 13.4. The lowest BCUT2D eigenvalue weighted by Gasteiger charge is -2.38. The summed E-state index contributed by atoms with van der Waals surface area (Å²) >= 11 is -0.729. The van der Waals surface area contributed by atoms with Gasteiger partial charge in [0.2, 0.25) is 0 Å². The van der Waals surface area contributed by atoms with Crippen LogP contribution in [0.25, 0.3) is 0 Å². The topological polar surface area (TPSA) is 35.5 Å². The van der Waals surface area contributed by atoms with Crippen molar-refractivity contribution in [2.75, 3.05) is 0 Å². The third-order valence-corrected chi connectivity index (χ3v) is 2.85. The van der Waals surface area contributed by atoms with Crippen molar-refractivity contribution in [1.82, 2.24) is 0 Å². The highest BCUT2D eigenvalue weighted by Crippen LogP contribution is 2.55. The molecule has 0 spiro atoms. The molecule has 0 fully saturated rings. The summed E-state index contributed by atoms with van der Waals surface area (Å²) in [5.41, 5.74) is 0. The van der Waals surface area contributed by atoms with Crippen LogP contribution >= 0.6 is 22.6 Å². The first-order valence-corrected chi connectivity index (χ1v) is 6.37. The van der Waals surface area contributed by atoms with E-state index in [1.165, 1.54) is 0 Å². The molecule has 2 atom stereocenters. The number of rotatable bonds is 7. The summed E-state index contributed by atoms with van der Waals surface area (Å²) in [5, 5.41) is 0. The molecule has 0 N–H and O–H groups in total. The van der Waals surface area contributed by atoms with Crippen LogP contribution in [0.15, 0.2) is 0 Å². The first-order valence-electron chi connectivity index (χ1n) is 5.29. The Balaban J connectivity index is 6.42. The number of carbonyl (C=O) groups excluding carboxylic acids is 1. The minimum Gasteiger partial charge on any atom is -0.262 e. The summed E-state index contributed by atoms with van der Waals surface area (Å²) in [6, 6.07) is -4.61. The Morgan fingerprint density at radius 1 is 0.630 bits per heavy atom. The van der Waals surface area contributed by atoms with Crippen molar-refractivity contribution in [1.29, 1.82) is 0 Å². The van der Waals surface area contributed by atoms with E-state index in [-0.39, 0.29) is 0 Å². The molecule has 0 aliphatic carbocycles. The van der Waals surface area contributed by atoms with Gasteiger partial charge in [0.1, 0.15) is 0 Å². The molecule has 0 saturated heterocycles. The molecule has 0 aromatic carbocycles. The van der Waals surface area contributed by atoms with E-state index in [4.69, 9.17) is 0 Å². The SMILES string of the molecule is O=C(F)C(F)(OC(F)(F)C(F)(OC(F)(F)C(F)(F)I)C(F)(F)F)C(F)(F)F. The van der Waals surface area contributed by atoms with Gasteiger partial charge in [-0.1, -0.05) is 0 Å². The zero-order chi connectivity index (χ0) is 22.5. The van der Waals surface area contributed by atoms with Crippen LogP contribution in [0.5, 0.6) is 0 Å². The Kier molecular flexibility index (Phi) is 6.76. The van der Waals surface area contributed by atoms with Gasteiger partial charge in [-0.3, -0.25) is 14.3 Å². The largest absolute Gasteiger partial charge is 0.459 e. The predicted octanol–water partition coefficient (Wildman–Crippen LogP) is 5.19. The number of alkyl halides is 15. The minimum atomic E-state index is -7.65. The normalized spacial score (nSPS) is 19.4. The van der Waals surface area contributed by atoms with E-state index in [9.17, 15) is 70.7 Å². The van der Waals surface area contributed by atoms with E-state index >= 15 is 0 Å². The molecule has 0 amide bonds. The van der Waals surface area contributed by atoms with Gasteiger partial charge in [0.05, 0.1) is 0 Å². The van der Waals surface area contributed by atoms with Gasteiger partial charge in [-0.2, -0.15) is 65.9 Å². The van der Waals surface area contributed by atoms with Crippen LogP contribution in [0.1, 0.15) is 0 Å². The average Bonchev–Trinajstić information content (AvgIpc) is 2.32. The summed E-state index contributed by atoms with van der Waals surface area (Å²) in [4.78, 5) is 9.88. The molecule has 3 nitrogen and oxygen atoms in total. The second-order valence-corrected chi connectivity index (χ2v) is 5.55. The van der Waals surface area contributed by atoms with Gasteiger partial charge >= 0.3 is 46.2 Å². The molecular weight excluding hydrogens is 556 g/mol. The van der Waals surface area contributed by atoms with Gasteiger partial charge in [-0.15, -0.1) is 0 Å². The zero-order valence-electron chi connectivity index (χ0n) is 11.3. The third kappa shape index (κ3) is 4.82. The molecule has 0 aromatic heterocycles. The van der Waals surface area contributed by atoms with Crippen molar-refractivity contribution < 1.29 is 80.1 Å².